The molecule has 0 aliphatic rings. The molecule has 0 saturated heterocycles. The second kappa shape index (κ2) is 8.12. The molecule has 1 aromatic rings. The third-order valence-electron chi connectivity index (χ3n) is 3.28. The number of sulfonamides is 1. The average molecular weight is 319 g/mol. The van der Waals surface area contributed by atoms with Gasteiger partial charge in [0.25, 0.3) is 0 Å². The molecule has 0 radical (unpaired) electrons. The average Bonchev–Trinajstić information content (AvgIpc) is 2.78. The molecule has 0 aliphatic carbocycles. The first-order chi connectivity index (χ1) is 9.44. The molecule has 1 atom stereocenters. The first-order valence-corrected chi connectivity index (χ1v) is 9.56. The quantitative estimate of drug-likeness (QED) is 0.734. The van der Waals surface area contributed by atoms with E-state index in [4.69, 9.17) is 5.73 Å². The van der Waals surface area contributed by atoms with Crippen LogP contribution in [0.5, 0.6) is 0 Å². The number of nitrogens with one attached hydrogen (secondary N) is 1. The summed E-state index contributed by atoms with van der Waals surface area (Å²) in [6.45, 7) is 6.41. The van der Waals surface area contributed by atoms with Crippen molar-refractivity contribution >= 4 is 21.4 Å². The van der Waals surface area contributed by atoms with E-state index >= 15 is 0 Å². The molecule has 0 fully saturated rings. The van der Waals surface area contributed by atoms with Crippen LogP contribution in [-0.4, -0.2) is 14.5 Å². The molecular formula is C14H26N2O2S2. The van der Waals surface area contributed by atoms with Crippen LogP contribution in [0.4, 0.5) is 0 Å². The van der Waals surface area contributed by atoms with Crippen molar-refractivity contribution in [3.8, 4) is 0 Å². The molecule has 0 bridgehead atoms. The fraction of sp³-hybridized carbons (Fsp3) is 0.714. The molecule has 4 nitrogen and oxygen atoms in total. The second-order valence-electron chi connectivity index (χ2n) is 5.09. The van der Waals surface area contributed by atoms with Gasteiger partial charge in [0.15, 0.2) is 0 Å². The van der Waals surface area contributed by atoms with Crippen LogP contribution >= 0.6 is 11.3 Å². The zero-order valence-corrected chi connectivity index (χ0v) is 14.2. The maximum atomic E-state index is 12.5. The zero-order valence-electron chi connectivity index (χ0n) is 12.6. The lowest BCUT2D eigenvalue weighted by Crippen LogP contribution is -2.34. The van der Waals surface area contributed by atoms with Crippen molar-refractivity contribution in [1.29, 1.82) is 0 Å². The normalized spacial score (nSPS) is 13.6. The number of rotatable bonds is 9. The van der Waals surface area contributed by atoms with E-state index in [1.807, 2.05) is 6.92 Å². The van der Waals surface area contributed by atoms with Crippen molar-refractivity contribution in [3.05, 3.63) is 15.8 Å². The van der Waals surface area contributed by atoms with E-state index in [-0.39, 0.29) is 6.04 Å². The van der Waals surface area contributed by atoms with Crippen LogP contribution in [0.2, 0.25) is 0 Å². The summed E-state index contributed by atoms with van der Waals surface area (Å²) in [4.78, 5) is 2.10. The Balaban J connectivity index is 2.87. The van der Waals surface area contributed by atoms with Gasteiger partial charge in [-0.3, -0.25) is 0 Å². The minimum atomic E-state index is -3.43. The van der Waals surface area contributed by atoms with E-state index in [1.54, 1.807) is 6.07 Å². The van der Waals surface area contributed by atoms with Crippen molar-refractivity contribution in [2.24, 2.45) is 5.73 Å². The molecule has 3 N–H and O–H groups in total. The first kappa shape index (κ1) is 17.6. The number of hydrogen-bond donors (Lipinski definition) is 2. The highest BCUT2D eigenvalue weighted by Gasteiger charge is 2.23. The number of nitrogens with two attached hydrogens (primary N) is 1. The van der Waals surface area contributed by atoms with E-state index in [9.17, 15) is 8.42 Å². The van der Waals surface area contributed by atoms with Crippen LogP contribution < -0.4 is 10.5 Å². The third-order valence-corrected chi connectivity index (χ3v) is 6.13. The highest BCUT2D eigenvalue weighted by atomic mass is 32.2. The van der Waals surface area contributed by atoms with E-state index in [0.717, 1.165) is 41.9 Å². The predicted molar refractivity (Wildman–Crippen MR) is 85.5 cm³/mol. The van der Waals surface area contributed by atoms with Crippen LogP contribution in [0.25, 0.3) is 0 Å². The van der Waals surface area contributed by atoms with Gasteiger partial charge in [0.2, 0.25) is 10.0 Å². The summed E-state index contributed by atoms with van der Waals surface area (Å²) in [5, 5.41) is 0. The minimum absolute atomic E-state index is 0.0329. The molecule has 1 aromatic heterocycles. The van der Waals surface area contributed by atoms with E-state index in [2.05, 4.69) is 18.6 Å². The van der Waals surface area contributed by atoms with Gasteiger partial charge in [0, 0.05) is 22.3 Å². The van der Waals surface area contributed by atoms with Gasteiger partial charge >= 0.3 is 0 Å². The van der Waals surface area contributed by atoms with Gasteiger partial charge in [-0.15, -0.1) is 11.3 Å². The Morgan fingerprint density at radius 3 is 2.50 bits per heavy atom. The van der Waals surface area contributed by atoms with Gasteiger partial charge in [-0.05, 0) is 25.8 Å². The number of thiophene rings is 1. The van der Waals surface area contributed by atoms with Gasteiger partial charge in [0.1, 0.15) is 0 Å². The Labute approximate surface area is 126 Å². The topological polar surface area (TPSA) is 72.2 Å². The van der Waals surface area contributed by atoms with Crippen LogP contribution in [0.15, 0.2) is 11.0 Å². The summed E-state index contributed by atoms with van der Waals surface area (Å²) in [6.07, 6.45) is 4.89. The molecule has 6 heteroatoms. The molecule has 0 spiro atoms. The molecule has 1 rings (SSSR count). The maximum Gasteiger partial charge on any atom is 0.241 e. The van der Waals surface area contributed by atoms with Crippen molar-refractivity contribution in [3.63, 3.8) is 0 Å². The number of aryl methyl sites for hydroxylation is 1. The van der Waals surface area contributed by atoms with E-state index < -0.39 is 10.0 Å². The molecular weight excluding hydrogens is 292 g/mol. The van der Waals surface area contributed by atoms with Gasteiger partial charge in [-0.1, -0.05) is 33.1 Å². The molecule has 0 aromatic carbocycles. The van der Waals surface area contributed by atoms with Crippen LogP contribution in [-0.2, 0) is 16.6 Å². The molecule has 0 saturated carbocycles. The minimum Gasteiger partial charge on any atom is -0.326 e. The Kier molecular flexibility index (Phi) is 7.15. The monoisotopic (exact) mass is 318 g/mol. The van der Waals surface area contributed by atoms with Crippen molar-refractivity contribution in [2.75, 3.05) is 0 Å². The molecule has 0 amide bonds. The predicted octanol–water partition coefficient (Wildman–Crippen LogP) is 3.15. The molecule has 1 heterocycles. The molecule has 0 aliphatic heterocycles. The van der Waals surface area contributed by atoms with Crippen molar-refractivity contribution in [1.82, 2.24) is 4.72 Å². The van der Waals surface area contributed by atoms with Gasteiger partial charge < -0.3 is 5.73 Å². The fourth-order valence-corrected chi connectivity index (χ4v) is 5.05. The van der Waals surface area contributed by atoms with Gasteiger partial charge in [0.05, 0.1) is 4.90 Å². The number of hydrogen-bond acceptors (Lipinski definition) is 4. The summed E-state index contributed by atoms with van der Waals surface area (Å²) >= 11 is 1.46. The lowest BCUT2D eigenvalue weighted by molar-refractivity contribution is 0.483. The smallest absolute Gasteiger partial charge is 0.241 e. The summed E-state index contributed by atoms with van der Waals surface area (Å²) in [6, 6.07) is 1.73. The molecule has 1 unspecified atom stereocenters. The maximum absolute atomic E-state index is 12.5. The van der Waals surface area contributed by atoms with Crippen molar-refractivity contribution in [2.45, 2.75) is 70.4 Å². The van der Waals surface area contributed by atoms with E-state index in [0.29, 0.717) is 11.4 Å². The fourth-order valence-electron chi connectivity index (χ4n) is 2.24. The summed E-state index contributed by atoms with van der Waals surface area (Å²) in [7, 11) is -3.43. The summed E-state index contributed by atoms with van der Waals surface area (Å²) in [5.74, 6) is 0. The third kappa shape index (κ3) is 4.84. The van der Waals surface area contributed by atoms with Gasteiger partial charge in [-0.2, -0.15) is 0 Å². The zero-order chi connectivity index (χ0) is 15.2. The van der Waals surface area contributed by atoms with Crippen molar-refractivity contribution < 1.29 is 8.42 Å². The van der Waals surface area contributed by atoms with Crippen LogP contribution in [0.1, 0.15) is 55.7 Å². The van der Waals surface area contributed by atoms with E-state index in [1.165, 1.54) is 11.3 Å². The molecule has 20 heavy (non-hydrogen) atoms. The van der Waals surface area contributed by atoms with Crippen LogP contribution in [0.3, 0.4) is 0 Å². The lowest BCUT2D eigenvalue weighted by atomic mass is 10.1. The second-order valence-corrected chi connectivity index (χ2v) is 8.11. The summed E-state index contributed by atoms with van der Waals surface area (Å²) in [5.41, 5.74) is 5.59. The first-order valence-electron chi connectivity index (χ1n) is 7.26. The SMILES string of the molecule is CCCCC(CCC)NS(=O)(=O)c1cc(CN)sc1C. The number of unbranched alkanes of at least 4 members (excludes halogenated alkanes) is 1. The van der Waals surface area contributed by atoms with Gasteiger partial charge in [-0.25, -0.2) is 13.1 Å². The Hall–Kier alpha value is -0.430. The lowest BCUT2D eigenvalue weighted by Gasteiger charge is -2.17. The highest BCUT2D eigenvalue weighted by Crippen LogP contribution is 2.26. The Bertz CT molecular complexity index is 509. The highest BCUT2D eigenvalue weighted by molar-refractivity contribution is 7.89. The van der Waals surface area contributed by atoms with Crippen LogP contribution in [0, 0.1) is 6.92 Å². The Morgan fingerprint density at radius 2 is 2.00 bits per heavy atom. The Morgan fingerprint density at radius 1 is 1.30 bits per heavy atom. The molecule has 116 valence electrons. The largest absolute Gasteiger partial charge is 0.326 e. The standard InChI is InChI=1S/C14H26N2O2S2/c1-4-6-8-12(7-5-2)16-20(17,18)14-9-13(10-15)19-11(14)3/h9,12,16H,4-8,10,15H2,1-3H3. The summed E-state index contributed by atoms with van der Waals surface area (Å²) < 4.78 is 27.8.